The average Bonchev–Trinajstić information content (AvgIpc) is 3.22. The Kier molecular flexibility index (Phi) is 5.86. The lowest BCUT2D eigenvalue weighted by Crippen LogP contribution is -2.19. The van der Waals surface area contributed by atoms with Crippen LogP contribution in [0.25, 0.3) is 21.6 Å². The summed E-state index contributed by atoms with van der Waals surface area (Å²) in [5.74, 6) is 2.59. The molecule has 0 saturated heterocycles. The number of hydrogen-bond donors (Lipinski definition) is 0. The molecule has 0 amide bonds. The van der Waals surface area contributed by atoms with Crippen molar-refractivity contribution >= 4 is 27.4 Å². The Labute approximate surface area is 192 Å². The normalized spacial score (nSPS) is 13.0. The summed E-state index contributed by atoms with van der Waals surface area (Å²) in [5, 5.41) is 1.23. The van der Waals surface area contributed by atoms with Crippen molar-refractivity contribution in [3.05, 3.63) is 77.5 Å². The van der Waals surface area contributed by atoms with E-state index in [0.717, 1.165) is 47.2 Å². The Hall–Kier alpha value is -3.25. The van der Waals surface area contributed by atoms with Gasteiger partial charge in [0.2, 0.25) is 0 Å². The van der Waals surface area contributed by atoms with Crippen LogP contribution in [0.3, 0.4) is 0 Å². The molecule has 4 aromatic rings. The highest BCUT2D eigenvalue weighted by atomic mass is 32.1. The Balaban J connectivity index is 1.53. The maximum absolute atomic E-state index is 5.62. The minimum absolute atomic E-state index is 0.512. The third-order valence-electron chi connectivity index (χ3n) is 5.79. The summed E-state index contributed by atoms with van der Waals surface area (Å²) >= 11 is 1.83. The molecule has 0 N–H and O–H groups in total. The molecule has 5 nitrogen and oxygen atoms in total. The molecule has 0 saturated carbocycles. The first-order valence-electron chi connectivity index (χ1n) is 11.0. The van der Waals surface area contributed by atoms with Crippen LogP contribution in [0.1, 0.15) is 28.8 Å². The smallest absolute Gasteiger partial charge is 0.164 e. The molecule has 0 atom stereocenters. The first-order chi connectivity index (χ1) is 15.7. The standard InChI is InChI=1S/C26H26N4OS/c1-3-15-31-20-12-10-18(11-13-20)17-30(2)25-23-21-8-4-5-9-22(21)32-26(23)29-24(28-25)19-7-6-14-27-16-19/h3,6-7,10-14,16H,1,4-5,8-9,15,17H2,2H3. The van der Waals surface area contributed by atoms with Crippen molar-refractivity contribution in [2.24, 2.45) is 0 Å². The lowest BCUT2D eigenvalue weighted by atomic mass is 9.97. The molecular weight excluding hydrogens is 416 g/mol. The van der Waals surface area contributed by atoms with E-state index in [2.05, 4.69) is 35.6 Å². The molecule has 0 radical (unpaired) electrons. The van der Waals surface area contributed by atoms with E-state index in [9.17, 15) is 0 Å². The zero-order chi connectivity index (χ0) is 21.9. The van der Waals surface area contributed by atoms with Crippen molar-refractivity contribution in [1.29, 1.82) is 0 Å². The molecule has 6 heteroatoms. The molecule has 1 aliphatic rings. The minimum atomic E-state index is 0.512. The van der Waals surface area contributed by atoms with Crippen LogP contribution in [-0.2, 0) is 19.4 Å². The number of anilines is 1. The van der Waals surface area contributed by atoms with Crippen LogP contribution in [-0.4, -0.2) is 28.6 Å². The Bertz CT molecular complexity index is 1230. The van der Waals surface area contributed by atoms with Crippen molar-refractivity contribution in [3.63, 3.8) is 0 Å². The molecule has 0 unspecified atom stereocenters. The minimum Gasteiger partial charge on any atom is -0.490 e. The fourth-order valence-corrected chi connectivity index (χ4v) is 5.49. The van der Waals surface area contributed by atoms with E-state index < -0.39 is 0 Å². The monoisotopic (exact) mass is 442 g/mol. The van der Waals surface area contributed by atoms with E-state index in [1.54, 1.807) is 12.3 Å². The van der Waals surface area contributed by atoms with Crippen molar-refractivity contribution < 1.29 is 4.74 Å². The number of aryl methyl sites for hydroxylation is 2. The summed E-state index contributed by atoms with van der Waals surface area (Å²) in [7, 11) is 2.11. The van der Waals surface area contributed by atoms with Gasteiger partial charge in [0.15, 0.2) is 5.82 Å². The van der Waals surface area contributed by atoms with Gasteiger partial charge in [-0.1, -0.05) is 24.8 Å². The molecule has 32 heavy (non-hydrogen) atoms. The summed E-state index contributed by atoms with van der Waals surface area (Å²) in [4.78, 5) is 19.1. The zero-order valence-electron chi connectivity index (χ0n) is 18.3. The first-order valence-corrected chi connectivity index (χ1v) is 11.8. The summed E-state index contributed by atoms with van der Waals surface area (Å²) in [5.41, 5.74) is 3.60. The molecular formula is C26H26N4OS. The van der Waals surface area contributed by atoms with Crippen LogP contribution in [0.4, 0.5) is 5.82 Å². The number of benzene rings is 1. The SMILES string of the molecule is C=CCOc1ccc(CN(C)c2nc(-c3cccnc3)nc3sc4c(c23)CCCC4)cc1. The van der Waals surface area contributed by atoms with Crippen molar-refractivity contribution in [2.45, 2.75) is 32.2 Å². The second kappa shape index (κ2) is 9.09. The Morgan fingerprint density at radius 3 is 2.75 bits per heavy atom. The van der Waals surface area contributed by atoms with Gasteiger partial charge in [0, 0.05) is 36.4 Å². The molecule has 0 aliphatic heterocycles. The van der Waals surface area contributed by atoms with Gasteiger partial charge in [0.1, 0.15) is 23.0 Å². The molecule has 0 fully saturated rings. The summed E-state index contributed by atoms with van der Waals surface area (Å²) in [6.45, 7) is 4.97. The predicted octanol–water partition coefficient (Wildman–Crippen LogP) is 5.83. The highest BCUT2D eigenvalue weighted by Crippen LogP contribution is 2.40. The molecule has 5 rings (SSSR count). The molecule has 1 aromatic carbocycles. The first kappa shape index (κ1) is 20.6. The quantitative estimate of drug-likeness (QED) is 0.337. The topological polar surface area (TPSA) is 51.1 Å². The summed E-state index contributed by atoms with van der Waals surface area (Å²) < 4.78 is 5.62. The maximum atomic E-state index is 5.62. The van der Waals surface area contributed by atoms with Crippen LogP contribution < -0.4 is 9.64 Å². The van der Waals surface area contributed by atoms with E-state index in [-0.39, 0.29) is 0 Å². The second-order valence-electron chi connectivity index (χ2n) is 8.10. The van der Waals surface area contributed by atoms with Gasteiger partial charge in [-0.2, -0.15) is 0 Å². The molecule has 3 aromatic heterocycles. The molecule has 0 bridgehead atoms. The highest BCUT2D eigenvalue weighted by molar-refractivity contribution is 7.19. The fraction of sp³-hybridized carbons (Fsp3) is 0.269. The predicted molar refractivity (Wildman–Crippen MR) is 132 cm³/mol. The number of rotatable bonds is 7. The Morgan fingerprint density at radius 2 is 1.97 bits per heavy atom. The van der Waals surface area contributed by atoms with Gasteiger partial charge in [0.25, 0.3) is 0 Å². The van der Waals surface area contributed by atoms with Gasteiger partial charge in [-0.3, -0.25) is 4.98 Å². The molecule has 3 heterocycles. The highest BCUT2D eigenvalue weighted by Gasteiger charge is 2.23. The van der Waals surface area contributed by atoms with Gasteiger partial charge >= 0.3 is 0 Å². The second-order valence-corrected chi connectivity index (χ2v) is 9.19. The lowest BCUT2D eigenvalue weighted by Gasteiger charge is -2.21. The van der Waals surface area contributed by atoms with E-state index in [1.807, 2.05) is 41.8 Å². The van der Waals surface area contributed by atoms with E-state index in [0.29, 0.717) is 6.61 Å². The van der Waals surface area contributed by atoms with Crippen LogP contribution in [0.15, 0.2) is 61.4 Å². The van der Waals surface area contributed by atoms with E-state index in [4.69, 9.17) is 14.7 Å². The third kappa shape index (κ3) is 4.10. The van der Waals surface area contributed by atoms with E-state index >= 15 is 0 Å². The summed E-state index contributed by atoms with van der Waals surface area (Å²) in [6.07, 6.45) is 10.1. The van der Waals surface area contributed by atoms with Crippen molar-refractivity contribution in [2.75, 3.05) is 18.6 Å². The number of aromatic nitrogens is 3. The Morgan fingerprint density at radius 1 is 1.12 bits per heavy atom. The van der Waals surface area contributed by atoms with Gasteiger partial charge in [-0.25, -0.2) is 9.97 Å². The van der Waals surface area contributed by atoms with Crippen LogP contribution in [0, 0.1) is 0 Å². The van der Waals surface area contributed by atoms with Crippen molar-refractivity contribution in [3.8, 4) is 17.1 Å². The number of thiophene rings is 1. The molecule has 0 spiro atoms. The lowest BCUT2D eigenvalue weighted by molar-refractivity contribution is 0.363. The van der Waals surface area contributed by atoms with Gasteiger partial charge in [-0.15, -0.1) is 11.3 Å². The number of ether oxygens (including phenoxy) is 1. The van der Waals surface area contributed by atoms with Crippen molar-refractivity contribution in [1.82, 2.24) is 15.0 Å². The number of hydrogen-bond acceptors (Lipinski definition) is 6. The third-order valence-corrected chi connectivity index (χ3v) is 6.97. The van der Waals surface area contributed by atoms with Crippen LogP contribution in [0.5, 0.6) is 5.75 Å². The summed E-state index contributed by atoms with van der Waals surface area (Å²) in [6, 6.07) is 12.2. The fourth-order valence-electron chi connectivity index (χ4n) is 4.23. The zero-order valence-corrected chi connectivity index (χ0v) is 19.1. The molecule has 162 valence electrons. The van der Waals surface area contributed by atoms with Crippen LogP contribution in [0.2, 0.25) is 0 Å². The largest absolute Gasteiger partial charge is 0.490 e. The van der Waals surface area contributed by atoms with Gasteiger partial charge < -0.3 is 9.64 Å². The number of fused-ring (bicyclic) bond motifs is 3. The van der Waals surface area contributed by atoms with Gasteiger partial charge in [-0.05, 0) is 61.1 Å². The molecule has 1 aliphatic carbocycles. The van der Waals surface area contributed by atoms with Crippen LogP contribution >= 0.6 is 11.3 Å². The number of pyridine rings is 1. The van der Waals surface area contributed by atoms with Gasteiger partial charge in [0.05, 0.1) is 5.39 Å². The van der Waals surface area contributed by atoms with E-state index in [1.165, 1.54) is 34.2 Å². The number of nitrogens with zero attached hydrogens (tertiary/aromatic N) is 4. The maximum Gasteiger partial charge on any atom is 0.164 e. The average molecular weight is 443 g/mol.